The summed E-state index contributed by atoms with van der Waals surface area (Å²) < 4.78 is 6.89. The van der Waals surface area contributed by atoms with Gasteiger partial charge in [0.1, 0.15) is 0 Å². The highest BCUT2D eigenvalue weighted by atomic mass is 16.3. The topological polar surface area (TPSA) is 74.7 Å². The number of aliphatic hydroxyl groups excluding tert-OH is 1. The van der Waals surface area contributed by atoms with Crippen LogP contribution in [0.15, 0.2) is 35.4 Å². The van der Waals surface area contributed by atoms with E-state index in [4.69, 9.17) is 4.42 Å². The highest BCUT2D eigenvalue weighted by Gasteiger charge is 2.29. The van der Waals surface area contributed by atoms with E-state index in [0.717, 1.165) is 30.8 Å². The van der Waals surface area contributed by atoms with Crippen molar-refractivity contribution >= 4 is 5.91 Å². The molecule has 25 heavy (non-hydrogen) atoms. The van der Waals surface area contributed by atoms with Crippen molar-refractivity contribution in [2.45, 2.75) is 31.8 Å². The second kappa shape index (κ2) is 8.31. The Bertz CT molecular complexity index is 668. The molecule has 1 saturated heterocycles. The molecule has 1 fully saturated rings. The fraction of sp³-hybridized carbons (Fsp3) is 0.556. The first-order valence-electron chi connectivity index (χ1n) is 8.77. The highest BCUT2D eigenvalue weighted by molar-refractivity contribution is 5.76. The van der Waals surface area contributed by atoms with Gasteiger partial charge in [0.2, 0.25) is 5.91 Å². The van der Waals surface area contributed by atoms with Crippen molar-refractivity contribution in [2.75, 3.05) is 26.2 Å². The maximum Gasteiger partial charge on any atom is 0.223 e. The van der Waals surface area contributed by atoms with Gasteiger partial charge >= 0.3 is 0 Å². The number of aromatic nitrogens is 2. The van der Waals surface area contributed by atoms with Crippen molar-refractivity contribution in [3.8, 4) is 0 Å². The summed E-state index contributed by atoms with van der Waals surface area (Å²) in [4.78, 5) is 16.8. The fourth-order valence-electron chi connectivity index (χ4n) is 3.38. The lowest BCUT2D eigenvalue weighted by Gasteiger charge is -2.41. The number of furan rings is 1. The Hall–Kier alpha value is -2.12. The minimum absolute atomic E-state index is 0.129. The number of aryl methyl sites for hydroxylation is 2. The van der Waals surface area contributed by atoms with E-state index >= 15 is 0 Å². The fourth-order valence-corrected chi connectivity index (χ4v) is 3.38. The van der Waals surface area contributed by atoms with Crippen molar-refractivity contribution in [1.82, 2.24) is 19.6 Å². The SMILES string of the molecule is Cn1cc(CCC(=O)N2CCN(Cc3ccoc3)C(CCO)C2)cn1. The molecule has 0 aliphatic carbocycles. The van der Waals surface area contributed by atoms with Crippen molar-refractivity contribution in [3.63, 3.8) is 0 Å². The van der Waals surface area contributed by atoms with Crippen LogP contribution in [0, 0.1) is 0 Å². The second-order valence-electron chi connectivity index (χ2n) is 6.63. The second-order valence-corrected chi connectivity index (χ2v) is 6.63. The van der Waals surface area contributed by atoms with Crippen LogP contribution < -0.4 is 0 Å². The first-order chi connectivity index (χ1) is 12.2. The third kappa shape index (κ3) is 4.70. The number of carbonyl (C=O) groups is 1. The Kier molecular flexibility index (Phi) is 5.88. The smallest absolute Gasteiger partial charge is 0.223 e. The largest absolute Gasteiger partial charge is 0.472 e. The Morgan fingerprint density at radius 1 is 1.40 bits per heavy atom. The van der Waals surface area contributed by atoms with Gasteiger partial charge in [0.25, 0.3) is 0 Å². The van der Waals surface area contributed by atoms with Crippen LogP contribution in [0.2, 0.25) is 0 Å². The van der Waals surface area contributed by atoms with Crippen LogP contribution in [0.4, 0.5) is 0 Å². The number of aliphatic hydroxyl groups is 1. The minimum Gasteiger partial charge on any atom is -0.472 e. The molecule has 1 unspecified atom stereocenters. The van der Waals surface area contributed by atoms with Gasteiger partial charge in [0.15, 0.2) is 0 Å². The first kappa shape index (κ1) is 17.7. The third-order valence-electron chi connectivity index (χ3n) is 4.77. The highest BCUT2D eigenvalue weighted by Crippen LogP contribution is 2.18. The first-order valence-corrected chi connectivity index (χ1v) is 8.77. The van der Waals surface area contributed by atoms with Crippen LogP contribution in [0.25, 0.3) is 0 Å². The normalized spacial score (nSPS) is 18.6. The molecule has 3 rings (SSSR count). The number of nitrogens with zero attached hydrogens (tertiary/aromatic N) is 4. The number of rotatable bonds is 7. The van der Waals surface area contributed by atoms with E-state index in [1.165, 1.54) is 0 Å². The van der Waals surface area contributed by atoms with Gasteiger partial charge in [-0.25, -0.2) is 0 Å². The van der Waals surface area contributed by atoms with Crippen LogP contribution in [0.5, 0.6) is 0 Å². The van der Waals surface area contributed by atoms with Crippen LogP contribution in [0.3, 0.4) is 0 Å². The summed E-state index contributed by atoms with van der Waals surface area (Å²) >= 11 is 0. The van der Waals surface area contributed by atoms with E-state index in [9.17, 15) is 9.90 Å². The zero-order valence-corrected chi connectivity index (χ0v) is 14.7. The maximum atomic E-state index is 12.6. The molecule has 0 saturated carbocycles. The molecule has 7 nitrogen and oxygen atoms in total. The zero-order valence-electron chi connectivity index (χ0n) is 14.7. The molecule has 1 atom stereocenters. The number of amides is 1. The summed E-state index contributed by atoms with van der Waals surface area (Å²) in [6.45, 7) is 3.13. The minimum atomic E-state index is 0.129. The molecular formula is C18H26N4O3. The lowest BCUT2D eigenvalue weighted by Crippen LogP contribution is -2.54. The van der Waals surface area contributed by atoms with Gasteiger partial charge in [-0.3, -0.25) is 14.4 Å². The average Bonchev–Trinajstić information content (AvgIpc) is 3.26. The summed E-state index contributed by atoms with van der Waals surface area (Å²) in [5.41, 5.74) is 2.21. The Morgan fingerprint density at radius 2 is 2.28 bits per heavy atom. The third-order valence-corrected chi connectivity index (χ3v) is 4.77. The van der Waals surface area contributed by atoms with Crippen molar-refractivity contribution in [3.05, 3.63) is 42.1 Å². The standard InChI is InChI=1S/C18H26N4O3/c1-20-11-15(10-19-20)2-3-18(24)22-7-6-21(17(13-22)4-8-23)12-16-5-9-25-14-16/h5,9-11,14,17,23H,2-4,6-8,12-13H2,1H3. The van der Waals surface area contributed by atoms with E-state index in [2.05, 4.69) is 10.00 Å². The molecule has 1 aliphatic rings. The molecule has 3 heterocycles. The molecule has 1 N–H and O–H groups in total. The van der Waals surface area contributed by atoms with E-state index in [1.807, 2.05) is 30.4 Å². The molecule has 0 radical (unpaired) electrons. The summed E-state index contributed by atoms with van der Waals surface area (Å²) in [6.07, 6.45) is 9.07. The van der Waals surface area contributed by atoms with Gasteiger partial charge in [-0.15, -0.1) is 0 Å². The van der Waals surface area contributed by atoms with Crippen molar-refractivity contribution in [1.29, 1.82) is 0 Å². The van der Waals surface area contributed by atoms with Crippen LogP contribution in [0.1, 0.15) is 24.0 Å². The average molecular weight is 346 g/mol. The zero-order chi connectivity index (χ0) is 17.6. The predicted octanol–water partition coefficient (Wildman–Crippen LogP) is 1.04. The Labute approximate surface area is 147 Å². The molecular weight excluding hydrogens is 320 g/mol. The van der Waals surface area contributed by atoms with Crippen LogP contribution in [-0.4, -0.2) is 62.9 Å². The molecule has 2 aromatic heterocycles. The molecule has 0 bridgehead atoms. The van der Waals surface area contributed by atoms with Gasteiger partial charge < -0.3 is 14.4 Å². The van der Waals surface area contributed by atoms with Crippen molar-refractivity contribution < 1.29 is 14.3 Å². The Balaban J connectivity index is 1.54. The van der Waals surface area contributed by atoms with Gasteiger partial charge in [0.05, 0.1) is 18.7 Å². The number of carbonyl (C=O) groups excluding carboxylic acids is 1. The van der Waals surface area contributed by atoms with E-state index < -0.39 is 0 Å². The van der Waals surface area contributed by atoms with E-state index in [1.54, 1.807) is 17.2 Å². The lowest BCUT2D eigenvalue weighted by atomic mass is 10.1. The van der Waals surface area contributed by atoms with Crippen LogP contribution in [-0.2, 0) is 24.8 Å². The lowest BCUT2D eigenvalue weighted by molar-refractivity contribution is -0.134. The van der Waals surface area contributed by atoms with Crippen molar-refractivity contribution in [2.24, 2.45) is 7.05 Å². The molecule has 0 aromatic carbocycles. The quantitative estimate of drug-likeness (QED) is 0.811. The van der Waals surface area contributed by atoms with E-state index in [0.29, 0.717) is 25.8 Å². The van der Waals surface area contributed by atoms with Gasteiger partial charge in [-0.05, 0) is 24.5 Å². The monoisotopic (exact) mass is 346 g/mol. The molecule has 1 amide bonds. The van der Waals surface area contributed by atoms with Gasteiger partial charge in [-0.1, -0.05) is 0 Å². The summed E-state index contributed by atoms with van der Waals surface area (Å²) in [5, 5.41) is 13.5. The number of hydrogen-bond acceptors (Lipinski definition) is 5. The predicted molar refractivity (Wildman–Crippen MR) is 92.7 cm³/mol. The Morgan fingerprint density at radius 3 is 2.96 bits per heavy atom. The van der Waals surface area contributed by atoms with Crippen LogP contribution >= 0.6 is 0 Å². The summed E-state index contributed by atoms with van der Waals surface area (Å²) in [7, 11) is 1.88. The molecule has 7 heteroatoms. The molecule has 136 valence electrons. The van der Waals surface area contributed by atoms with Gasteiger partial charge in [-0.2, -0.15) is 5.10 Å². The maximum absolute atomic E-state index is 12.6. The molecule has 0 spiro atoms. The molecule has 1 aliphatic heterocycles. The van der Waals surface area contributed by atoms with Gasteiger partial charge in [0, 0.05) is 64.1 Å². The van der Waals surface area contributed by atoms with E-state index in [-0.39, 0.29) is 18.6 Å². The number of piperazine rings is 1. The summed E-state index contributed by atoms with van der Waals surface area (Å²) in [6, 6.07) is 2.14. The molecule has 2 aromatic rings. The number of hydrogen-bond donors (Lipinski definition) is 1. The summed E-state index contributed by atoms with van der Waals surface area (Å²) in [5.74, 6) is 0.176.